The Morgan fingerprint density at radius 1 is 1.42 bits per heavy atom. The summed E-state index contributed by atoms with van der Waals surface area (Å²) < 4.78 is 40.3. The van der Waals surface area contributed by atoms with Crippen molar-refractivity contribution in [3.8, 4) is 0 Å². The third kappa shape index (κ3) is 2.20. The molecule has 1 atom stereocenters. The van der Waals surface area contributed by atoms with E-state index in [2.05, 4.69) is 0 Å². The minimum Gasteiger partial charge on any atom is -0.381 e. The van der Waals surface area contributed by atoms with Gasteiger partial charge in [0.05, 0.1) is 12.5 Å². The van der Waals surface area contributed by atoms with E-state index in [0.29, 0.717) is 19.4 Å². The Hall–Kier alpha value is -0.580. The monoisotopic (exact) mass is 182 g/mol. The Balaban J connectivity index is 2.51. The minimum absolute atomic E-state index is 0.0850. The Labute approximate surface area is 67.7 Å². The molecule has 0 N–H and O–H groups in total. The van der Waals surface area contributed by atoms with E-state index in [4.69, 9.17) is 4.74 Å². The number of rotatable bonds is 1. The van der Waals surface area contributed by atoms with Gasteiger partial charge in [0.25, 0.3) is 0 Å². The normalized spacial score (nSPS) is 25.4. The van der Waals surface area contributed by atoms with Crippen molar-refractivity contribution in [3.05, 3.63) is 0 Å². The highest BCUT2D eigenvalue weighted by Crippen LogP contribution is 2.25. The molecule has 0 bridgehead atoms. The Bertz CT molecular complexity index is 170. The van der Waals surface area contributed by atoms with Crippen LogP contribution in [0, 0.1) is 5.92 Å². The van der Waals surface area contributed by atoms with Crippen LogP contribution in [0.25, 0.3) is 0 Å². The summed E-state index contributed by atoms with van der Waals surface area (Å²) in [7, 11) is 0. The average molecular weight is 182 g/mol. The molecular formula is C7H9F3O2. The van der Waals surface area contributed by atoms with Crippen molar-refractivity contribution < 1.29 is 22.7 Å². The molecule has 0 unspecified atom stereocenters. The molecule has 0 radical (unpaired) electrons. The number of Topliss-reactive ketones (excluding diaryl/α,β-unsaturated/α-hetero) is 1. The topological polar surface area (TPSA) is 26.3 Å². The first-order valence-electron chi connectivity index (χ1n) is 3.70. The van der Waals surface area contributed by atoms with Gasteiger partial charge in [-0.05, 0) is 12.8 Å². The summed E-state index contributed by atoms with van der Waals surface area (Å²) in [5, 5.41) is 0. The number of hydrogen-bond acceptors (Lipinski definition) is 2. The van der Waals surface area contributed by atoms with Crippen molar-refractivity contribution in [2.45, 2.75) is 19.0 Å². The summed E-state index contributed by atoms with van der Waals surface area (Å²) in [5.74, 6) is -2.62. The lowest BCUT2D eigenvalue weighted by Crippen LogP contribution is -2.35. The molecule has 1 aliphatic rings. The van der Waals surface area contributed by atoms with Gasteiger partial charge in [-0.3, -0.25) is 4.79 Å². The van der Waals surface area contributed by atoms with Crippen molar-refractivity contribution in [3.63, 3.8) is 0 Å². The number of ether oxygens (including phenoxy) is 1. The zero-order valence-electron chi connectivity index (χ0n) is 6.36. The summed E-state index contributed by atoms with van der Waals surface area (Å²) in [5.41, 5.74) is 0. The van der Waals surface area contributed by atoms with E-state index in [-0.39, 0.29) is 6.61 Å². The van der Waals surface area contributed by atoms with Gasteiger partial charge in [0.2, 0.25) is 5.78 Å². The van der Waals surface area contributed by atoms with E-state index in [1.54, 1.807) is 0 Å². The molecular weight excluding hydrogens is 173 g/mol. The Kier molecular flexibility index (Phi) is 2.72. The highest BCUT2D eigenvalue weighted by molar-refractivity contribution is 5.86. The lowest BCUT2D eigenvalue weighted by atomic mass is 9.97. The maximum Gasteiger partial charge on any atom is 0.450 e. The summed E-state index contributed by atoms with van der Waals surface area (Å²) in [4.78, 5) is 10.6. The van der Waals surface area contributed by atoms with Gasteiger partial charge in [0.1, 0.15) is 0 Å². The molecule has 1 heterocycles. The van der Waals surface area contributed by atoms with Crippen molar-refractivity contribution in [2.24, 2.45) is 5.92 Å². The maximum absolute atomic E-state index is 11.8. The average Bonchev–Trinajstić information content (AvgIpc) is 2.03. The molecule has 5 heteroatoms. The van der Waals surface area contributed by atoms with Crippen LogP contribution < -0.4 is 0 Å². The number of ketones is 1. The summed E-state index contributed by atoms with van der Waals surface area (Å²) >= 11 is 0. The van der Waals surface area contributed by atoms with Gasteiger partial charge in [-0.1, -0.05) is 0 Å². The molecule has 1 aliphatic heterocycles. The second-order valence-electron chi connectivity index (χ2n) is 2.78. The van der Waals surface area contributed by atoms with Crippen LogP contribution in [-0.4, -0.2) is 25.2 Å². The SMILES string of the molecule is O=C([C@@H]1CCCOC1)C(F)(F)F. The van der Waals surface area contributed by atoms with Gasteiger partial charge in [-0.2, -0.15) is 13.2 Å². The zero-order chi connectivity index (χ0) is 9.19. The van der Waals surface area contributed by atoms with E-state index < -0.39 is 17.9 Å². The predicted octanol–water partition coefficient (Wildman–Crippen LogP) is 1.54. The number of carbonyl (C=O) groups excluding carboxylic acids is 1. The van der Waals surface area contributed by atoms with Crippen LogP contribution in [0.2, 0.25) is 0 Å². The first-order chi connectivity index (χ1) is 5.52. The van der Waals surface area contributed by atoms with E-state index in [9.17, 15) is 18.0 Å². The summed E-state index contributed by atoms with van der Waals surface area (Å²) in [6, 6.07) is 0. The highest BCUT2D eigenvalue weighted by atomic mass is 19.4. The van der Waals surface area contributed by atoms with E-state index in [1.807, 2.05) is 0 Å². The van der Waals surface area contributed by atoms with Gasteiger partial charge < -0.3 is 4.74 Å². The van der Waals surface area contributed by atoms with Crippen molar-refractivity contribution in [2.75, 3.05) is 13.2 Å². The minimum atomic E-state index is -4.70. The van der Waals surface area contributed by atoms with Crippen molar-refractivity contribution >= 4 is 5.78 Å². The zero-order valence-corrected chi connectivity index (χ0v) is 6.36. The predicted molar refractivity (Wildman–Crippen MR) is 34.6 cm³/mol. The molecule has 0 saturated carbocycles. The molecule has 1 rings (SSSR count). The molecule has 1 saturated heterocycles. The van der Waals surface area contributed by atoms with Crippen LogP contribution in [0.1, 0.15) is 12.8 Å². The van der Waals surface area contributed by atoms with Gasteiger partial charge in [-0.25, -0.2) is 0 Å². The van der Waals surface area contributed by atoms with Crippen LogP contribution in [-0.2, 0) is 9.53 Å². The second kappa shape index (κ2) is 3.43. The van der Waals surface area contributed by atoms with Gasteiger partial charge >= 0.3 is 6.18 Å². The van der Waals surface area contributed by atoms with Gasteiger partial charge in [-0.15, -0.1) is 0 Å². The summed E-state index contributed by atoms with van der Waals surface area (Å²) in [6.07, 6.45) is -3.88. The van der Waals surface area contributed by atoms with Crippen molar-refractivity contribution in [1.82, 2.24) is 0 Å². The van der Waals surface area contributed by atoms with Crippen LogP contribution >= 0.6 is 0 Å². The van der Waals surface area contributed by atoms with Gasteiger partial charge in [0.15, 0.2) is 0 Å². The molecule has 0 aromatic heterocycles. The number of hydrogen-bond donors (Lipinski definition) is 0. The molecule has 0 amide bonds. The van der Waals surface area contributed by atoms with Crippen LogP contribution in [0.3, 0.4) is 0 Å². The van der Waals surface area contributed by atoms with Crippen molar-refractivity contribution in [1.29, 1.82) is 0 Å². The number of halogens is 3. The first-order valence-corrected chi connectivity index (χ1v) is 3.70. The number of alkyl halides is 3. The molecule has 0 aromatic carbocycles. The smallest absolute Gasteiger partial charge is 0.381 e. The van der Waals surface area contributed by atoms with E-state index in [1.165, 1.54) is 0 Å². The third-order valence-corrected chi connectivity index (χ3v) is 1.81. The highest BCUT2D eigenvalue weighted by Gasteiger charge is 2.43. The molecule has 70 valence electrons. The largest absolute Gasteiger partial charge is 0.450 e. The molecule has 1 fully saturated rings. The van der Waals surface area contributed by atoms with Crippen LogP contribution in [0.4, 0.5) is 13.2 Å². The summed E-state index contributed by atoms with van der Waals surface area (Å²) in [6.45, 7) is 0.375. The molecule has 0 aliphatic carbocycles. The fraction of sp³-hybridized carbons (Fsp3) is 0.857. The number of carbonyl (C=O) groups is 1. The Morgan fingerprint density at radius 2 is 2.08 bits per heavy atom. The fourth-order valence-electron chi connectivity index (χ4n) is 1.18. The Morgan fingerprint density at radius 3 is 2.50 bits per heavy atom. The van der Waals surface area contributed by atoms with Crippen LogP contribution in [0.5, 0.6) is 0 Å². The molecule has 0 spiro atoms. The maximum atomic E-state index is 11.8. The first kappa shape index (κ1) is 9.51. The molecule has 2 nitrogen and oxygen atoms in total. The van der Waals surface area contributed by atoms with Crippen LogP contribution in [0.15, 0.2) is 0 Å². The molecule has 0 aromatic rings. The molecule has 12 heavy (non-hydrogen) atoms. The second-order valence-corrected chi connectivity index (χ2v) is 2.78. The van der Waals surface area contributed by atoms with E-state index >= 15 is 0 Å². The van der Waals surface area contributed by atoms with E-state index in [0.717, 1.165) is 0 Å². The quantitative estimate of drug-likeness (QED) is 0.614. The lowest BCUT2D eigenvalue weighted by Gasteiger charge is -2.21. The third-order valence-electron chi connectivity index (χ3n) is 1.81. The fourth-order valence-corrected chi connectivity index (χ4v) is 1.18. The standard InChI is InChI=1S/C7H9F3O2/c8-7(9,10)6(11)5-2-1-3-12-4-5/h5H,1-4H2/t5-/m1/s1. The lowest BCUT2D eigenvalue weighted by molar-refractivity contribution is -0.179. The van der Waals surface area contributed by atoms with Gasteiger partial charge in [0, 0.05) is 6.61 Å².